The molecule has 0 heterocycles. The van der Waals surface area contributed by atoms with Crippen molar-refractivity contribution in [2.75, 3.05) is 28.4 Å². The molecule has 206 valence electrons. The van der Waals surface area contributed by atoms with Crippen molar-refractivity contribution in [3.63, 3.8) is 0 Å². The maximum absolute atomic E-state index is 12.4. The van der Waals surface area contributed by atoms with Crippen molar-refractivity contribution in [1.29, 1.82) is 0 Å². The zero-order valence-corrected chi connectivity index (χ0v) is 22.8. The first kappa shape index (κ1) is 32.1. The standard InChI is InChI=1S/C29H48O7/c1-32-28(33-2)16-12-8-6-5-7-10-14-26(15-11-9-13-17-29(34-3)35-4)36-27(31)23-20-24-18-21-25(30)22-19-24/h18-23,26,28-30H,5-17H2,1-4H3/b23-20-/t26-/m1/s1. The van der Waals surface area contributed by atoms with Gasteiger partial charge in [0, 0.05) is 34.5 Å². The van der Waals surface area contributed by atoms with E-state index < -0.39 is 0 Å². The SMILES string of the molecule is COC(CCCCCCCC[C@H](CCCCCC(OC)OC)OC(=O)/C=C\c1ccc(O)cc1)OC. The van der Waals surface area contributed by atoms with E-state index in [4.69, 9.17) is 23.7 Å². The van der Waals surface area contributed by atoms with E-state index in [-0.39, 0.29) is 30.4 Å². The molecule has 0 radical (unpaired) electrons. The number of benzene rings is 1. The number of ether oxygens (including phenoxy) is 5. The summed E-state index contributed by atoms with van der Waals surface area (Å²) in [4.78, 5) is 12.4. The molecule has 1 aromatic rings. The normalized spacial score (nSPS) is 12.6. The van der Waals surface area contributed by atoms with Gasteiger partial charge in [0.1, 0.15) is 11.9 Å². The van der Waals surface area contributed by atoms with Crippen LogP contribution in [-0.4, -0.2) is 58.2 Å². The first-order chi connectivity index (χ1) is 17.5. The van der Waals surface area contributed by atoms with Gasteiger partial charge in [0.25, 0.3) is 0 Å². The summed E-state index contributed by atoms with van der Waals surface area (Å²) in [6, 6.07) is 6.71. The smallest absolute Gasteiger partial charge is 0.331 e. The Kier molecular flexibility index (Phi) is 18.9. The van der Waals surface area contributed by atoms with Crippen LogP contribution in [0.15, 0.2) is 30.3 Å². The fourth-order valence-corrected chi connectivity index (χ4v) is 4.13. The predicted molar refractivity (Wildman–Crippen MR) is 143 cm³/mol. The van der Waals surface area contributed by atoms with E-state index in [2.05, 4.69) is 0 Å². The van der Waals surface area contributed by atoms with Crippen molar-refractivity contribution in [3.8, 4) is 5.75 Å². The minimum absolute atomic E-state index is 0.0771. The minimum Gasteiger partial charge on any atom is -0.508 e. The maximum Gasteiger partial charge on any atom is 0.331 e. The molecule has 0 aliphatic carbocycles. The Morgan fingerprint density at radius 3 is 1.58 bits per heavy atom. The molecule has 0 spiro atoms. The average Bonchev–Trinajstić information content (AvgIpc) is 2.89. The summed E-state index contributed by atoms with van der Waals surface area (Å²) >= 11 is 0. The van der Waals surface area contributed by atoms with Gasteiger partial charge < -0.3 is 28.8 Å². The van der Waals surface area contributed by atoms with Crippen LogP contribution in [0.1, 0.15) is 89.0 Å². The van der Waals surface area contributed by atoms with Crippen LogP contribution < -0.4 is 0 Å². The van der Waals surface area contributed by atoms with Crippen LogP contribution in [0.2, 0.25) is 0 Å². The number of hydrogen-bond acceptors (Lipinski definition) is 7. The third-order valence-electron chi connectivity index (χ3n) is 6.32. The molecule has 0 aliphatic rings. The third kappa shape index (κ3) is 15.9. The highest BCUT2D eigenvalue weighted by molar-refractivity contribution is 5.87. The molecule has 0 bridgehead atoms. The van der Waals surface area contributed by atoms with Crippen LogP contribution in [0.25, 0.3) is 6.08 Å². The molecule has 0 amide bonds. The van der Waals surface area contributed by atoms with E-state index in [9.17, 15) is 9.90 Å². The topological polar surface area (TPSA) is 83.5 Å². The number of phenols is 1. The van der Waals surface area contributed by atoms with Gasteiger partial charge in [0.15, 0.2) is 12.6 Å². The fourth-order valence-electron chi connectivity index (χ4n) is 4.13. The molecule has 1 rings (SSSR count). The zero-order chi connectivity index (χ0) is 26.4. The van der Waals surface area contributed by atoms with Crippen molar-refractivity contribution in [2.24, 2.45) is 0 Å². The molecular weight excluding hydrogens is 460 g/mol. The molecule has 0 aromatic heterocycles. The Bertz CT molecular complexity index is 681. The Morgan fingerprint density at radius 1 is 0.694 bits per heavy atom. The Morgan fingerprint density at radius 2 is 1.11 bits per heavy atom. The molecule has 0 saturated heterocycles. The van der Waals surface area contributed by atoms with Crippen molar-refractivity contribution < 1.29 is 33.6 Å². The molecule has 1 atom stereocenters. The summed E-state index contributed by atoms with van der Waals surface area (Å²) in [7, 11) is 6.67. The highest BCUT2D eigenvalue weighted by atomic mass is 16.7. The number of methoxy groups -OCH3 is 4. The first-order valence-corrected chi connectivity index (χ1v) is 13.3. The maximum atomic E-state index is 12.4. The van der Waals surface area contributed by atoms with Crippen LogP contribution in [-0.2, 0) is 28.5 Å². The first-order valence-electron chi connectivity index (χ1n) is 13.3. The molecule has 1 N–H and O–H groups in total. The van der Waals surface area contributed by atoms with Gasteiger partial charge in [-0.3, -0.25) is 0 Å². The predicted octanol–water partition coefficient (Wildman–Crippen LogP) is 6.63. The van der Waals surface area contributed by atoms with Gasteiger partial charge in [-0.25, -0.2) is 4.79 Å². The highest BCUT2D eigenvalue weighted by Gasteiger charge is 2.13. The second-order valence-electron chi connectivity index (χ2n) is 9.12. The Labute approximate surface area is 218 Å². The van der Waals surface area contributed by atoms with Gasteiger partial charge >= 0.3 is 5.97 Å². The third-order valence-corrected chi connectivity index (χ3v) is 6.32. The summed E-state index contributed by atoms with van der Waals surface area (Å²) < 4.78 is 26.8. The van der Waals surface area contributed by atoms with E-state index in [1.165, 1.54) is 25.3 Å². The molecule has 0 unspecified atom stereocenters. The Hall–Kier alpha value is -1.93. The molecule has 0 saturated carbocycles. The van der Waals surface area contributed by atoms with Gasteiger partial charge in [-0.15, -0.1) is 0 Å². The van der Waals surface area contributed by atoms with Gasteiger partial charge in [0.05, 0.1) is 0 Å². The summed E-state index contributed by atoms with van der Waals surface area (Å²) in [6.07, 6.45) is 16.3. The highest BCUT2D eigenvalue weighted by Crippen LogP contribution is 2.18. The Balaban J connectivity index is 2.39. The zero-order valence-electron chi connectivity index (χ0n) is 22.8. The number of carbonyl (C=O) groups excluding carboxylic acids is 1. The second kappa shape index (κ2) is 21.2. The number of rotatable bonds is 22. The van der Waals surface area contributed by atoms with Crippen molar-refractivity contribution in [1.82, 2.24) is 0 Å². The summed E-state index contributed by atoms with van der Waals surface area (Å²) in [5.41, 5.74) is 0.842. The summed E-state index contributed by atoms with van der Waals surface area (Å²) in [5.74, 6) is -0.121. The van der Waals surface area contributed by atoms with Crippen LogP contribution in [0.3, 0.4) is 0 Å². The number of unbranched alkanes of at least 4 members (excludes halogenated alkanes) is 7. The lowest BCUT2D eigenvalue weighted by molar-refractivity contribution is -0.143. The van der Waals surface area contributed by atoms with E-state index in [1.54, 1.807) is 58.8 Å². The number of esters is 1. The van der Waals surface area contributed by atoms with Gasteiger partial charge in [0.2, 0.25) is 0 Å². The number of hydrogen-bond donors (Lipinski definition) is 1. The minimum atomic E-state index is -0.322. The van der Waals surface area contributed by atoms with Crippen molar-refractivity contribution in [2.45, 2.75) is 102 Å². The second-order valence-corrected chi connectivity index (χ2v) is 9.12. The summed E-state index contributed by atoms with van der Waals surface area (Å²) in [5, 5.41) is 9.40. The van der Waals surface area contributed by atoms with Crippen LogP contribution >= 0.6 is 0 Å². The molecule has 0 aliphatic heterocycles. The molecule has 7 heteroatoms. The monoisotopic (exact) mass is 508 g/mol. The molecule has 1 aromatic carbocycles. The lowest BCUT2D eigenvalue weighted by Crippen LogP contribution is -2.17. The number of phenolic OH excluding ortho intramolecular Hbond substituents is 1. The molecule has 36 heavy (non-hydrogen) atoms. The van der Waals surface area contributed by atoms with E-state index in [0.29, 0.717) is 0 Å². The van der Waals surface area contributed by atoms with Crippen LogP contribution in [0, 0.1) is 0 Å². The van der Waals surface area contributed by atoms with Crippen LogP contribution in [0.4, 0.5) is 0 Å². The molecular formula is C29H48O7. The average molecular weight is 509 g/mol. The van der Waals surface area contributed by atoms with E-state index >= 15 is 0 Å². The fraction of sp³-hybridized carbons (Fsp3) is 0.690. The molecule has 0 fully saturated rings. The van der Waals surface area contributed by atoms with E-state index in [0.717, 1.165) is 69.8 Å². The molecule has 7 nitrogen and oxygen atoms in total. The lowest BCUT2D eigenvalue weighted by atomic mass is 10.0. The number of carbonyl (C=O) groups is 1. The van der Waals surface area contributed by atoms with Crippen molar-refractivity contribution in [3.05, 3.63) is 35.9 Å². The van der Waals surface area contributed by atoms with Gasteiger partial charge in [-0.05, 0) is 75.1 Å². The summed E-state index contributed by atoms with van der Waals surface area (Å²) in [6.45, 7) is 0. The van der Waals surface area contributed by atoms with Gasteiger partial charge in [-0.1, -0.05) is 44.2 Å². The number of aromatic hydroxyl groups is 1. The van der Waals surface area contributed by atoms with Crippen molar-refractivity contribution >= 4 is 12.0 Å². The van der Waals surface area contributed by atoms with Crippen LogP contribution in [0.5, 0.6) is 5.75 Å². The quantitative estimate of drug-likeness (QED) is 0.0815. The van der Waals surface area contributed by atoms with Gasteiger partial charge in [-0.2, -0.15) is 0 Å². The van der Waals surface area contributed by atoms with E-state index in [1.807, 2.05) is 0 Å². The largest absolute Gasteiger partial charge is 0.508 e. The lowest BCUT2D eigenvalue weighted by Gasteiger charge is -2.18.